The largest absolute Gasteiger partial charge is 0.316 e. The van der Waals surface area contributed by atoms with Crippen molar-refractivity contribution < 1.29 is 4.79 Å². The number of halogens is 1. The van der Waals surface area contributed by atoms with Crippen LogP contribution >= 0.6 is 12.4 Å². The molecule has 0 saturated carbocycles. The number of rotatable bonds is 2. The molecule has 0 bridgehead atoms. The first-order valence-corrected chi connectivity index (χ1v) is 6.08. The number of hydrogen-bond acceptors (Lipinski definition) is 2. The average molecular weight is 269 g/mol. The van der Waals surface area contributed by atoms with E-state index in [-0.39, 0.29) is 23.7 Å². The zero-order valence-corrected chi connectivity index (χ0v) is 12.0. The molecular formula is C14H21ClN2O. The van der Waals surface area contributed by atoms with Crippen molar-refractivity contribution in [2.75, 3.05) is 25.0 Å². The van der Waals surface area contributed by atoms with E-state index in [1.807, 2.05) is 45.2 Å². The fourth-order valence-electron chi connectivity index (χ4n) is 2.29. The van der Waals surface area contributed by atoms with Crippen LogP contribution in [0.2, 0.25) is 0 Å². The quantitative estimate of drug-likeness (QED) is 0.893. The molecule has 3 nitrogen and oxygen atoms in total. The molecule has 1 aliphatic heterocycles. The topological polar surface area (TPSA) is 32.3 Å². The molecule has 4 heteroatoms. The van der Waals surface area contributed by atoms with Crippen LogP contribution < -0.4 is 10.2 Å². The molecule has 1 N–H and O–H groups in total. The predicted octanol–water partition coefficient (Wildman–Crippen LogP) is 2.38. The van der Waals surface area contributed by atoms with Gasteiger partial charge in [0.05, 0.1) is 5.41 Å². The third-order valence-electron chi connectivity index (χ3n) is 3.61. The Morgan fingerprint density at radius 3 is 2.44 bits per heavy atom. The van der Waals surface area contributed by atoms with Crippen molar-refractivity contribution in [1.29, 1.82) is 0 Å². The van der Waals surface area contributed by atoms with Gasteiger partial charge in [-0.3, -0.25) is 4.79 Å². The van der Waals surface area contributed by atoms with Gasteiger partial charge in [-0.1, -0.05) is 17.7 Å². The summed E-state index contributed by atoms with van der Waals surface area (Å²) in [7, 11) is 1.86. The minimum absolute atomic E-state index is 0. The molecular weight excluding hydrogens is 248 g/mol. The zero-order chi connectivity index (χ0) is 12.5. The van der Waals surface area contributed by atoms with Crippen molar-refractivity contribution in [2.45, 2.75) is 20.3 Å². The highest BCUT2D eigenvalue weighted by Crippen LogP contribution is 2.29. The normalized spacial score (nSPS) is 22.4. The van der Waals surface area contributed by atoms with Gasteiger partial charge in [0.2, 0.25) is 5.91 Å². The van der Waals surface area contributed by atoms with Crippen LogP contribution in [0, 0.1) is 12.3 Å². The van der Waals surface area contributed by atoms with Gasteiger partial charge in [0.25, 0.3) is 0 Å². The molecule has 1 saturated heterocycles. The summed E-state index contributed by atoms with van der Waals surface area (Å²) in [6, 6.07) is 8.07. The number of amides is 1. The second-order valence-corrected chi connectivity index (χ2v) is 5.19. The molecule has 1 heterocycles. The van der Waals surface area contributed by atoms with Gasteiger partial charge in [-0.2, -0.15) is 0 Å². The molecule has 0 aromatic heterocycles. The van der Waals surface area contributed by atoms with E-state index < -0.39 is 0 Å². The second kappa shape index (κ2) is 5.72. The van der Waals surface area contributed by atoms with Crippen molar-refractivity contribution in [2.24, 2.45) is 5.41 Å². The average Bonchev–Trinajstić information content (AvgIpc) is 2.76. The van der Waals surface area contributed by atoms with E-state index in [2.05, 4.69) is 5.32 Å². The number of hydrogen-bond donors (Lipinski definition) is 1. The van der Waals surface area contributed by atoms with Crippen LogP contribution in [0.3, 0.4) is 0 Å². The fraction of sp³-hybridized carbons (Fsp3) is 0.500. The summed E-state index contributed by atoms with van der Waals surface area (Å²) in [6.45, 7) is 5.81. The second-order valence-electron chi connectivity index (χ2n) is 5.19. The molecule has 18 heavy (non-hydrogen) atoms. The minimum Gasteiger partial charge on any atom is -0.316 e. The van der Waals surface area contributed by atoms with Gasteiger partial charge in [0.15, 0.2) is 0 Å². The zero-order valence-electron chi connectivity index (χ0n) is 11.2. The van der Waals surface area contributed by atoms with E-state index in [9.17, 15) is 4.79 Å². The summed E-state index contributed by atoms with van der Waals surface area (Å²) in [5.74, 6) is 0.200. The summed E-state index contributed by atoms with van der Waals surface area (Å²) in [5, 5.41) is 3.26. The SMILES string of the molecule is Cc1ccc(N(C)C(=O)C2(C)CCNC2)cc1.Cl. The fourth-order valence-corrected chi connectivity index (χ4v) is 2.29. The smallest absolute Gasteiger partial charge is 0.233 e. The molecule has 1 atom stereocenters. The van der Waals surface area contributed by atoms with Crippen molar-refractivity contribution in [3.05, 3.63) is 29.8 Å². The van der Waals surface area contributed by atoms with Crippen LogP contribution in [0.15, 0.2) is 24.3 Å². The van der Waals surface area contributed by atoms with E-state index in [1.165, 1.54) is 5.56 Å². The molecule has 0 radical (unpaired) electrons. The van der Waals surface area contributed by atoms with Crippen molar-refractivity contribution in [1.82, 2.24) is 5.32 Å². The van der Waals surface area contributed by atoms with Crippen LogP contribution in [-0.2, 0) is 4.79 Å². The van der Waals surface area contributed by atoms with Gasteiger partial charge in [-0.15, -0.1) is 12.4 Å². The first kappa shape index (κ1) is 15.0. The van der Waals surface area contributed by atoms with E-state index in [4.69, 9.17) is 0 Å². The Morgan fingerprint density at radius 1 is 1.33 bits per heavy atom. The maximum Gasteiger partial charge on any atom is 0.233 e. The Bertz CT molecular complexity index is 410. The van der Waals surface area contributed by atoms with E-state index in [0.29, 0.717) is 0 Å². The van der Waals surface area contributed by atoms with Crippen LogP contribution in [0.25, 0.3) is 0 Å². The first-order chi connectivity index (χ1) is 8.03. The van der Waals surface area contributed by atoms with Crippen molar-refractivity contribution >= 4 is 24.0 Å². The highest BCUT2D eigenvalue weighted by Gasteiger charge is 2.38. The van der Waals surface area contributed by atoms with Gasteiger partial charge < -0.3 is 10.2 Å². The lowest BCUT2D eigenvalue weighted by Crippen LogP contribution is -2.41. The van der Waals surface area contributed by atoms with Crippen molar-refractivity contribution in [3.8, 4) is 0 Å². The molecule has 0 spiro atoms. The van der Waals surface area contributed by atoms with Crippen LogP contribution in [0.1, 0.15) is 18.9 Å². The number of carbonyl (C=O) groups excluding carboxylic acids is 1. The first-order valence-electron chi connectivity index (χ1n) is 6.08. The summed E-state index contributed by atoms with van der Waals surface area (Å²) in [6.07, 6.45) is 0.919. The lowest BCUT2D eigenvalue weighted by atomic mass is 9.88. The molecule has 0 aliphatic carbocycles. The molecule has 1 amide bonds. The third-order valence-corrected chi connectivity index (χ3v) is 3.61. The Balaban J connectivity index is 0.00000162. The van der Waals surface area contributed by atoms with Gasteiger partial charge in [0.1, 0.15) is 0 Å². The highest BCUT2D eigenvalue weighted by atomic mass is 35.5. The molecule has 1 unspecified atom stereocenters. The maximum absolute atomic E-state index is 12.4. The standard InChI is InChI=1S/C14H20N2O.ClH/c1-11-4-6-12(7-5-11)16(3)13(17)14(2)8-9-15-10-14;/h4-7,15H,8-10H2,1-3H3;1H. The van der Waals surface area contributed by atoms with E-state index in [1.54, 1.807) is 4.90 Å². The van der Waals surface area contributed by atoms with Crippen LogP contribution in [0.4, 0.5) is 5.69 Å². The number of carbonyl (C=O) groups is 1. The van der Waals surface area contributed by atoms with Crippen LogP contribution in [0.5, 0.6) is 0 Å². The van der Waals surface area contributed by atoms with Crippen molar-refractivity contribution in [3.63, 3.8) is 0 Å². The molecule has 1 aromatic rings. The monoisotopic (exact) mass is 268 g/mol. The highest BCUT2D eigenvalue weighted by molar-refractivity contribution is 5.97. The van der Waals surface area contributed by atoms with Crippen LogP contribution in [-0.4, -0.2) is 26.0 Å². The van der Waals surface area contributed by atoms with Gasteiger partial charge in [0, 0.05) is 19.3 Å². The van der Waals surface area contributed by atoms with Gasteiger partial charge >= 0.3 is 0 Å². The number of nitrogens with one attached hydrogen (secondary N) is 1. The number of nitrogens with zero attached hydrogens (tertiary/aromatic N) is 1. The molecule has 1 aliphatic rings. The Labute approximate surface area is 115 Å². The van der Waals surface area contributed by atoms with E-state index >= 15 is 0 Å². The molecule has 1 aromatic carbocycles. The third kappa shape index (κ3) is 2.85. The summed E-state index contributed by atoms with van der Waals surface area (Å²) < 4.78 is 0. The van der Waals surface area contributed by atoms with E-state index in [0.717, 1.165) is 25.2 Å². The molecule has 1 fully saturated rings. The summed E-state index contributed by atoms with van der Waals surface area (Å²) in [4.78, 5) is 14.2. The Kier molecular flexibility index (Phi) is 4.77. The minimum atomic E-state index is -0.250. The predicted molar refractivity (Wildman–Crippen MR) is 77.4 cm³/mol. The lowest BCUT2D eigenvalue weighted by Gasteiger charge is -2.28. The maximum atomic E-state index is 12.4. The number of aryl methyl sites for hydroxylation is 1. The molecule has 100 valence electrons. The van der Waals surface area contributed by atoms with Gasteiger partial charge in [-0.25, -0.2) is 0 Å². The number of anilines is 1. The summed E-state index contributed by atoms with van der Waals surface area (Å²) >= 11 is 0. The Hall–Kier alpha value is -1.06. The lowest BCUT2D eigenvalue weighted by molar-refractivity contribution is -0.126. The molecule has 2 rings (SSSR count). The Morgan fingerprint density at radius 2 is 1.94 bits per heavy atom. The van der Waals surface area contributed by atoms with Gasteiger partial charge in [-0.05, 0) is 38.9 Å². The summed E-state index contributed by atoms with van der Waals surface area (Å²) in [5.41, 5.74) is 1.93. The number of benzene rings is 1.